The Hall–Kier alpha value is -2.97. The fraction of sp³-hybridized carbons (Fsp3) is 0.385. The van der Waals surface area contributed by atoms with Crippen molar-refractivity contribution in [3.63, 3.8) is 0 Å². The molecule has 0 aliphatic rings. The molecular formula is C26H31N3O4S. The van der Waals surface area contributed by atoms with Gasteiger partial charge in [-0.15, -0.1) is 0 Å². The van der Waals surface area contributed by atoms with Crippen molar-refractivity contribution in [2.45, 2.75) is 57.8 Å². The lowest BCUT2D eigenvalue weighted by Crippen LogP contribution is -2.24. The lowest BCUT2D eigenvalue weighted by Gasteiger charge is -2.14. The lowest BCUT2D eigenvalue weighted by atomic mass is 10.1. The predicted molar refractivity (Wildman–Crippen MR) is 137 cm³/mol. The van der Waals surface area contributed by atoms with Crippen LogP contribution in [-0.2, 0) is 16.1 Å². The Morgan fingerprint density at radius 1 is 1.12 bits per heavy atom. The van der Waals surface area contributed by atoms with Gasteiger partial charge in [-0.05, 0) is 63.1 Å². The minimum absolute atomic E-state index is 0.0451. The van der Waals surface area contributed by atoms with Crippen LogP contribution in [-0.4, -0.2) is 39.7 Å². The van der Waals surface area contributed by atoms with Crippen LogP contribution in [0.1, 0.15) is 50.4 Å². The molecule has 1 aromatic heterocycles. The summed E-state index contributed by atoms with van der Waals surface area (Å²) < 4.78 is 7.25. The Labute approximate surface area is 203 Å². The number of hydrogen-bond acceptors (Lipinski definition) is 6. The monoisotopic (exact) mass is 481 g/mol. The number of nitrogens with one attached hydrogen (secondary N) is 1. The zero-order chi connectivity index (χ0) is 24.5. The molecule has 0 atom stereocenters. The molecule has 7 nitrogen and oxygen atoms in total. The van der Waals surface area contributed by atoms with Gasteiger partial charge in [0.1, 0.15) is 0 Å². The van der Waals surface area contributed by atoms with Crippen molar-refractivity contribution in [3.05, 3.63) is 64.4 Å². The standard InChI is InChI=1S/C26H31N3O4S/c1-4-8-24(31)27-20-13-11-19(12-14-20)23(30)17-34-26-28-22-10-6-5-9-21(22)25(32)29(26)15-7-16-33-18(2)3/h5-6,9-14,18H,4,7-8,15-17H2,1-3H3,(H,27,31). The van der Waals surface area contributed by atoms with Gasteiger partial charge in [0.2, 0.25) is 5.91 Å². The number of benzene rings is 2. The zero-order valence-electron chi connectivity index (χ0n) is 19.9. The molecule has 0 radical (unpaired) electrons. The fourth-order valence-electron chi connectivity index (χ4n) is 3.40. The van der Waals surface area contributed by atoms with Crippen LogP contribution in [0.5, 0.6) is 0 Å². The number of hydrogen-bond donors (Lipinski definition) is 1. The SMILES string of the molecule is CCCC(=O)Nc1ccc(C(=O)CSc2nc3ccccc3c(=O)n2CCCOC(C)C)cc1. The normalized spacial score (nSPS) is 11.2. The highest BCUT2D eigenvalue weighted by Gasteiger charge is 2.14. The van der Waals surface area contributed by atoms with Gasteiger partial charge in [-0.3, -0.25) is 19.0 Å². The van der Waals surface area contributed by atoms with Gasteiger partial charge in [-0.2, -0.15) is 0 Å². The quantitative estimate of drug-likeness (QED) is 0.171. The van der Waals surface area contributed by atoms with E-state index in [9.17, 15) is 14.4 Å². The second-order valence-corrected chi connectivity index (χ2v) is 9.17. The van der Waals surface area contributed by atoms with Crippen LogP contribution in [0.3, 0.4) is 0 Å². The number of nitrogens with zero attached hydrogens (tertiary/aromatic N) is 2. The molecular weight excluding hydrogens is 450 g/mol. The summed E-state index contributed by atoms with van der Waals surface area (Å²) in [6.07, 6.45) is 2.04. The molecule has 0 unspecified atom stereocenters. The van der Waals surface area contributed by atoms with Crippen LogP contribution < -0.4 is 10.9 Å². The lowest BCUT2D eigenvalue weighted by molar-refractivity contribution is -0.116. The third kappa shape index (κ3) is 7.01. The minimum atomic E-state index is -0.114. The molecule has 3 aromatic rings. The van der Waals surface area contributed by atoms with Crippen LogP contribution in [0.15, 0.2) is 58.5 Å². The molecule has 1 amide bonds. The van der Waals surface area contributed by atoms with Crippen molar-refractivity contribution in [3.8, 4) is 0 Å². The van der Waals surface area contributed by atoms with Gasteiger partial charge in [0.15, 0.2) is 10.9 Å². The van der Waals surface area contributed by atoms with E-state index in [2.05, 4.69) is 10.3 Å². The first-order valence-electron chi connectivity index (χ1n) is 11.6. The summed E-state index contributed by atoms with van der Waals surface area (Å²) >= 11 is 1.26. The molecule has 0 aliphatic carbocycles. The average Bonchev–Trinajstić information content (AvgIpc) is 2.82. The molecule has 8 heteroatoms. The first-order valence-corrected chi connectivity index (χ1v) is 12.5. The largest absolute Gasteiger partial charge is 0.379 e. The van der Waals surface area contributed by atoms with Crippen LogP contribution in [0.4, 0.5) is 5.69 Å². The van der Waals surface area contributed by atoms with Crippen molar-refractivity contribution < 1.29 is 14.3 Å². The Kier molecular flexibility index (Phi) is 9.42. The highest BCUT2D eigenvalue weighted by molar-refractivity contribution is 7.99. The first-order chi connectivity index (χ1) is 16.4. The summed E-state index contributed by atoms with van der Waals surface area (Å²) in [5.74, 6) is 0.0271. The maximum Gasteiger partial charge on any atom is 0.262 e. The van der Waals surface area contributed by atoms with E-state index in [0.29, 0.717) is 53.3 Å². The summed E-state index contributed by atoms with van der Waals surface area (Å²) in [4.78, 5) is 42.3. The average molecular weight is 482 g/mol. The number of anilines is 1. The topological polar surface area (TPSA) is 90.3 Å². The van der Waals surface area contributed by atoms with E-state index < -0.39 is 0 Å². The molecule has 0 bridgehead atoms. The number of carbonyl (C=O) groups excluding carboxylic acids is 2. The molecule has 3 rings (SSSR count). The Morgan fingerprint density at radius 2 is 1.85 bits per heavy atom. The van der Waals surface area contributed by atoms with E-state index in [-0.39, 0.29) is 29.1 Å². The Balaban J connectivity index is 1.73. The summed E-state index contributed by atoms with van der Waals surface area (Å²) in [7, 11) is 0. The van der Waals surface area contributed by atoms with E-state index in [4.69, 9.17) is 4.74 Å². The van der Waals surface area contributed by atoms with Crippen LogP contribution in [0.25, 0.3) is 10.9 Å². The number of rotatable bonds is 12. The summed E-state index contributed by atoms with van der Waals surface area (Å²) in [6.45, 7) is 6.90. The smallest absolute Gasteiger partial charge is 0.262 e. The number of thioether (sulfide) groups is 1. The van der Waals surface area contributed by atoms with Crippen LogP contribution in [0.2, 0.25) is 0 Å². The van der Waals surface area contributed by atoms with E-state index in [1.165, 1.54) is 11.8 Å². The molecule has 0 fully saturated rings. The highest BCUT2D eigenvalue weighted by atomic mass is 32.2. The molecule has 0 aliphatic heterocycles. The van der Waals surface area contributed by atoms with Crippen molar-refractivity contribution in [2.75, 3.05) is 17.7 Å². The second-order valence-electron chi connectivity index (χ2n) is 8.23. The number of aromatic nitrogens is 2. The molecule has 0 spiro atoms. The third-order valence-electron chi connectivity index (χ3n) is 5.10. The van der Waals surface area contributed by atoms with Crippen LogP contribution >= 0.6 is 11.8 Å². The van der Waals surface area contributed by atoms with E-state index in [0.717, 1.165) is 6.42 Å². The van der Waals surface area contributed by atoms with Crippen LogP contribution in [0, 0.1) is 0 Å². The van der Waals surface area contributed by atoms with E-state index in [1.54, 1.807) is 41.0 Å². The third-order valence-corrected chi connectivity index (χ3v) is 6.08. The van der Waals surface area contributed by atoms with Crippen molar-refractivity contribution in [2.24, 2.45) is 0 Å². The number of Topliss-reactive ketones (excluding diaryl/α,β-unsaturated/α-hetero) is 1. The molecule has 180 valence electrons. The fourth-order valence-corrected chi connectivity index (χ4v) is 4.32. The molecule has 2 aromatic carbocycles. The van der Waals surface area contributed by atoms with Crippen molar-refractivity contribution >= 4 is 40.0 Å². The minimum Gasteiger partial charge on any atom is -0.379 e. The number of amides is 1. The molecule has 0 saturated heterocycles. The summed E-state index contributed by atoms with van der Waals surface area (Å²) in [5, 5.41) is 3.89. The highest BCUT2D eigenvalue weighted by Crippen LogP contribution is 2.20. The number of carbonyl (C=O) groups is 2. The van der Waals surface area contributed by atoms with Crippen molar-refractivity contribution in [1.82, 2.24) is 9.55 Å². The maximum atomic E-state index is 13.1. The summed E-state index contributed by atoms with van der Waals surface area (Å²) in [5.41, 5.74) is 1.71. The van der Waals surface area contributed by atoms with Gasteiger partial charge in [0.25, 0.3) is 5.56 Å². The molecule has 1 N–H and O–H groups in total. The summed E-state index contributed by atoms with van der Waals surface area (Å²) in [6, 6.07) is 14.1. The number of para-hydroxylation sites is 1. The van der Waals surface area contributed by atoms with Gasteiger partial charge in [-0.25, -0.2) is 4.98 Å². The van der Waals surface area contributed by atoms with Gasteiger partial charge in [-0.1, -0.05) is 30.8 Å². The van der Waals surface area contributed by atoms with Gasteiger partial charge in [0.05, 0.1) is 22.8 Å². The maximum absolute atomic E-state index is 13.1. The number of fused-ring (bicyclic) bond motifs is 1. The second kappa shape index (κ2) is 12.5. The molecule has 34 heavy (non-hydrogen) atoms. The van der Waals surface area contributed by atoms with Gasteiger partial charge >= 0.3 is 0 Å². The zero-order valence-corrected chi connectivity index (χ0v) is 20.7. The van der Waals surface area contributed by atoms with Crippen molar-refractivity contribution in [1.29, 1.82) is 0 Å². The van der Waals surface area contributed by atoms with Gasteiger partial charge in [0, 0.05) is 30.8 Å². The van der Waals surface area contributed by atoms with Gasteiger partial charge < -0.3 is 10.1 Å². The number of ether oxygens (including phenoxy) is 1. The number of ketones is 1. The predicted octanol–water partition coefficient (Wildman–Crippen LogP) is 4.93. The first kappa shape index (κ1) is 25.6. The van der Waals surface area contributed by atoms with E-state index in [1.807, 2.05) is 32.9 Å². The Morgan fingerprint density at radius 3 is 2.56 bits per heavy atom. The molecule has 1 heterocycles. The molecule has 0 saturated carbocycles. The Bertz CT molecular complexity index is 1190. The van der Waals surface area contributed by atoms with E-state index >= 15 is 0 Å².